The molecule has 0 unspecified atom stereocenters. The molecule has 0 spiro atoms. The molecule has 0 fully saturated rings. The zero-order valence-electron chi connectivity index (χ0n) is 23.2. The van der Waals surface area contributed by atoms with Crippen LogP contribution >= 0.6 is 0 Å². The third-order valence-corrected chi connectivity index (χ3v) is 8.13. The van der Waals surface area contributed by atoms with Crippen LogP contribution in [0.3, 0.4) is 0 Å². The Balaban J connectivity index is 1.97. The molecule has 0 aliphatic carbocycles. The maximum Gasteiger partial charge on any atom is 0.342 e. The van der Waals surface area contributed by atoms with E-state index in [2.05, 4.69) is 13.8 Å². The Morgan fingerprint density at radius 2 is 1.52 bits per heavy atom. The molecule has 0 aliphatic heterocycles. The summed E-state index contributed by atoms with van der Waals surface area (Å²) in [5.41, 5.74) is 1.35. The quantitative estimate of drug-likeness (QED) is 0.235. The molecular formula is C30H31NO8S. The van der Waals surface area contributed by atoms with Crippen LogP contribution < -0.4 is 13.8 Å². The number of ether oxygens (including phenoxy) is 3. The fourth-order valence-corrected chi connectivity index (χ4v) is 5.98. The Hall–Kier alpha value is -4.31. The molecule has 1 aromatic heterocycles. The van der Waals surface area contributed by atoms with Gasteiger partial charge >= 0.3 is 5.97 Å². The molecule has 0 radical (unpaired) electrons. The van der Waals surface area contributed by atoms with Gasteiger partial charge in [0.2, 0.25) is 0 Å². The molecule has 0 saturated carbocycles. The van der Waals surface area contributed by atoms with Crippen LogP contribution in [0.25, 0.3) is 11.0 Å². The number of methoxy groups -OCH3 is 3. The standard InChI is InChI=1S/C30H31NO8S/c1-18(2)16-20-10-13-22(14-11-20)40(34,35)31(29(32)28-25(36-4)8-7-9-26(28)37-5)21-12-15-24-23(17-21)27(19(3)39-24)30(33)38-6/h7-15,17-18H,16H2,1-6H3. The van der Waals surface area contributed by atoms with Gasteiger partial charge < -0.3 is 18.6 Å². The number of sulfonamides is 1. The number of hydrogen-bond donors (Lipinski definition) is 0. The normalized spacial score (nSPS) is 11.5. The molecule has 40 heavy (non-hydrogen) atoms. The van der Waals surface area contributed by atoms with Gasteiger partial charge in [0.1, 0.15) is 34.0 Å². The summed E-state index contributed by atoms with van der Waals surface area (Å²) in [6.07, 6.45) is 0.772. The van der Waals surface area contributed by atoms with Crippen LogP contribution in [-0.4, -0.2) is 41.6 Å². The molecule has 210 valence electrons. The van der Waals surface area contributed by atoms with Crippen LogP contribution in [0.2, 0.25) is 0 Å². The van der Waals surface area contributed by atoms with E-state index in [-0.39, 0.29) is 33.2 Å². The second-order valence-corrected chi connectivity index (χ2v) is 11.3. The number of carbonyl (C=O) groups is 2. The predicted octanol–water partition coefficient (Wildman–Crippen LogP) is 5.78. The minimum absolute atomic E-state index is 0.0114. The molecule has 1 heterocycles. The van der Waals surface area contributed by atoms with Crippen molar-refractivity contribution in [3.63, 3.8) is 0 Å². The molecule has 0 aliphatic rings. The van der Waals surface area contributed by atoms with E-state index in [9.17, 15) is 18.0 Å². The van der Waals surface area contributed by atoms with Crippen LogP contribution in [0.4, 0.5) is 5.69 Å². The Labute approximate surface area is 233 Å². The molecule has 1 amide bonds. The first-order valence-electron chi connectivity index (χ1n) is 12.5. The third-order valence-electron chi connectivity index (χ3n) is 6.40. The third kappa shape index (κ3) is 5.27. The van der Waals surface area contributed by atoms with E-state index in [0.717, 1.165) is 12.0 Å². The van der Waals surface area contributed by atoms with Gasteiger partial charge in [0.15, 0.2) is 0 Å². The maximum absolute atomic E-state index is 14.2. The van der Waals surface area contributed by atoms with Crippen molar-refractivity contribution in [1.82, 2.24) is 0 Å². The van der Waals surface area contributed by atoms with Crippen molar-refractivity contribution in [3.05, 3.63) is 83.1 Å². The highest BCUT2D eigenvalue weighted by atomic mass is 32.2. The first kappa shape index (κ1) is 28.7. The van der Waals surface area contributed by atoms with Gasteiger partial charge in [-0.25, -0.2) is 13.2 Å². The summed E-state index contributed by atoms with van der Waals surface area (Å²) in [4.78, 5) is 26.7. The summed E-state index contributed by atoms with van der Waals surface area (Å²) in [5.74, 6) is -0.611. The SMILES string of the molecule is COC(=O)c1c(C)oc2ccc(N(C(=O)c3c(OC)cccc3OC)S(=O)(=O)c3ccc(CC(C)C)cc3)cc12. The molecule has 0 bridgehead atoms. The molecule has 4 aromatic rings. The molecule has 0 saturated heterocycles. The van der Waals surface area contributed by atoms with E-state index >= 15 is 0 Å². The second-order valence-electron chi connectivity index (χ2n) is 9.56. The van der Waals surface area contributed by atoms with E-state index in [1.54, 1.807) is 37.3 Å². The lowest BCUT2D eigenvalue weighted by atomic mass is 10.0. The lowest BCUT2D eigenvalue weighted by Gasteiger charge is -2.24. The van der Waals surface area contributed by atoms with Gasteiger partial charge in [-0.15, -0.1) is 0 Å². The average molecular weight is 566 g/mol. The zero-order valence-corrected chi connectivity index (χ0v) is 24.0. The topological polar surface area (TPSA) is 112 Å². The number of nitrogens with zero attached hydrogens (tertiary/aromatic N) is 1. The summed E-state index contributed by atoms with van der Waals surface area (Å²) < 4.78 is 50.5. The van der Waals surface area contributed by atoms with Crippen LogP contribution in [0.1, 0.15) is 45.9 Å². The Kier molecular flexibility index (Phi) is 8.20. The molecule has 3 aromatic carbocycles. The summed E-state index contributed by atoms with van der Waals surface area (Å²) in [7, 11) is -0.482. The molecule has 10 heteroatoms. The summed E-state index contributed by atoms with van der Waals surface area (Å²) in [6.45, 7) is 5.74. The zero-order chi connectivity index (χ0) is 29.2. The largest absolute Gasteiger partial charge is 0.496 e. The van der Waals surface area contributed by atoms with Crippen molar-refractivity contribution in [3.8, 4) is 11.5 Å². The number of hydrogen-bond acceptors (Lipinski definition) is 8. The fraction of sp³-hybridized carbons (Fsp3) is 0.267. The van der Waals surface area contributed by atoms with Crippen LogP contribution in [0.15, 0.2) is 70.0 Å². The van der Waals surface area contributed by atoms with Gasteiger partial charge in [0.25, 0.3) is 15.9 Å². The highest BCUT2D eigenvalue weighted by Gasteiger charge is 2.36. The minimum Gasteiger partial charge on any atom is -0.496 e. The van der Waals surface area contributed by atoms with Crippen molar-refractivity contribution in [1.29, 1.82) is 0 Å². The molecule has 9 nitrogen and oxygen atoms in total. The van der Waals surface area contributed by atoms with E-state index in [1.807, 2.05) is 0 Å². The Morgan fingerprint density at radius 3 is 2.08 bits per heavy atom. The number of rotatable bonds is 9. The molecule has 4 rings (SSSR count). The van der Waals surface area contributed by atoms with Gasteiger partial charge in [0.05, 0.1) is 31.9 Å². The van der Waals surface area contributed by atoms with Crippen LogP contribution in [0, 0.1) is 12.8 Å². The minimum atomic E-state index is -4.47. The number of anilines is 1. The number of benzene rings is 3. The molecular weight excluding hydrogens is 534 g/mol. The Morgan fingerprint density at radius 1 is 0.900 bits per heavy atom. The summed E-state index contributed by atoms with van der Waals surface area (Å²) in [5, 5.41) is 0.300. The van der Waals surface area contributed by atoms with Gasteiger partial charge in [-0.3, -0.25) is 4.79 Å². The number of furan rings is 1. The first-order chi connectivity index (χ1) is 19.0. The summed E-state index contributed by atoms with van der Waals surface area (Å²) in [6, 6.07) is 15.5. The van der Waals surface area contributed by atoms with E-state index < -0.39 is 21.9 Å². The highest BCUT2D eigenvalue weighted by Crippen LogP contribution is 2.37. The maximum atomic E-state index is 14.2. The van der Waals surface area contributed by atoms with Gasteiger partial charge in [-0.2, -0.15) is 4.31 Å². The van der Waals surface area contributed by atoms with Crippen molar-refractivity contribution < 1.29 is 36.6 Å². The number of esters is 1. The molecule has 0 atom stereocenters. The number of aryl methyl sites for hydroxylation is 1. The van der Waals surface area contributed by atoms with E-state index in [0.29, 0.717) is 27.0 Å². The predicted molar refractivity (Wildman–Crippen MR) is 151 cm³/mol. The average Bonchev–Trinajstić information content (AvgIpc) is 3.26. The second kappa shape index (κ2) is 11.4. The van der Waals surface area contributed by atoms with Gasteiger partial charge in [0, 0.05) is 5.39 Å². The summed E-state index contributed by atoms with van der Waals surface area (Å²) >= 11 is 0. The number of carbonyl (C=O) groups excluding carboxylic acids is 2. The lowest BCUT2D eigenvalue weighted by molar-refractivity contribution is 0.0600. The van der Waals surface area contributed by atoms with Gasteiger partial charge in [-0.05, 0) is 67.3 Å². The molecule has 0 N–H and O–H groups in total. The van der Waals surface area contributed by atoms with Crippen molar-refractivity contribution in [2.45, 2.75) is 32.1 Å². The van der Waals surface area contributed by atoms with Gasteiger partial charge in [-0.1, -0.05) is 32.0 Å². The number of amides is 1. The smallest absolute Gasteiger partial charge is 0.342 e. The fourth-order valence-electron chi connectivity index (χ4n) is 4.59. The van der Waals surface area contributed by atoms with Crippen LogP contribution in [-0.2, 0) is 21.2 Å². The van der Waals surface area contributed by atoms with Crippen molar-refractivity contribution in [2.24, 2.45) is 5.92 Å². The van der Waals surface area contributed by atoms with E-state index in [1.165, 1.54) is 51.7 Å². The van der Waals surface area contributed by atoms with Crippen molar-refractivity contribution >= 4 is 38.6 Å². The van der Waals surface area contributed by atoms with Crippen molar-refractivity contribution in [2.75, 3.05) is 25.6 Å². The Bertz CT molecular complexity index is 1650. The highest BCUT2D eigenvalue weighted by molar-refractivity contribution is 7.93. The number of fused-ring (bicyclic) bond motifs is 1. The van der Waals surface area contributed by atoms with E-state index in [4.69, 9.17) is 18.6 Å². The van der Waals surface area contributed by atoms with Crippen LogP contribution in [0.5, 0.6) is 11.5 Å². The first-order valence-corrected chi connectivity index (χ1v) is 14.0. The monoisotopic (exact) mass is 565 g/mol. The lowest BCUT2D eigenvalue weighted by Crippen LogP contribution is -2.37.